The second kappa shape index (κ2) is 6.19. The SMILES string of the molecule is NC(Cc1ccc(I)cc1)c1ncc(Cl)cc1Cl. The zero-order valence-corrected chi connectivity index (χ0v) is 13.1. The lowest BCUT2D eigenvalue weighted by molar-refractivity contribution is 0.697. The van der Waals surface area contributed by atoms with Gasteiger partial charge < -0.3 is 5.73 Å². The van der Waals surface area contributed by atoms with E-state index in [9.17, 15) is 0 Å². The van der Waals surface area contributed by atoms with Gasteiger partial charge in [0.15, 0.2) is 0 Å². The van der Waals surface area contributed by atoms with E-state index in [1.807, 2.05) is 0 Å². The molecule has 0 aliphatic rings. The van der Waals surface area contributed by atoms with Crippen LogP contribution in [-0.2, 0) is 6.42 Å². The van der Waals surface area contributed by atoms with Crippen LogP contribution in [0, 0.1) is 3.57 Å². The first-order valence-electron chi connectivity index (χ1n) is 5.37. The van der Waals surface area contributed by atoms with E-state index in [2.05, 4.69) is 51.8 Å². The molecule has 2 aromatic rings. The molecular weight excluding hydrogens is 382 g/mol. The maximum atomic E-state index is 6.12. The Morgan fingerprint density at radius 1 is 1.22 bits per heavy atom. The molecule has 1 atom stereocenters. The molecule has 0 spiro atoms. The number of nitrogens with two attached hydrogens (primary N) is 1. The molecule has 18 heavy (non-hydrogen) atoms. The molecule has 5 heteroatoms. The number of hydrogen-bond donors (Lipinski definition) is 1. The Bertz CT molecular complexity index is 543. The monoisotopic (exact) mass is 392 g/mol. The largest absolute Gasteiger partial charge is 0.322 e. The number of pyridine rings is 1. The molecule has 0 fully saturated rings. The van der Waals surface area contributed by atoms with Crippen molar-refractivity contribution in [3.05, 3.63) is 61.4 Å². The fraction of sp³-hybridized carbons (Fsp3) is 0.154. The Balaban J connectivity index is 2.16. The van der Waals surface area contributed by atoms with E-state index >= 15 is 0 Å². The average molecular weight is 393 g/mol. The van der Waals surface area contributed by atoms with Gasteiger partial charge in [-0.25, -0.2) is 0 Å². The summed E-state index contributed by atoms with van der Waals surface area (Å²) >= 11 is 14.2. The first-order chi connectivity index (χ1) is 8.56. The highest BCUT2D eigenvalue weighted by Gasteiger charge is 2.13. The van der Waals surface area contributed by atoms with Crippen molar-refractivity contribution in [1.82, 2.24) is 4.98 Å². The van der Waals surface area contributed by atoms with Crippen molar-refractivity contribution < 1.29 is 0 Å². The van der Waals surface area contributed by atoms with E-state index < -0.39 is 0 Å². The molecule has 2 rings (SSSR count). The summed E-state index contributed by atoms with van der Waals surface area (Å²) in [6.45, 7) is 0. The normalized spacial score (nSPS) is 12.4. The standard InChI is InChI=1S/C13H11Cl2IN2/c14-9-6-11(15)13(18-7-9)12(17)5-8-1-3-10(16)4-2-8/h1-4,6-7,12H,5,17H2. The number of hydrogen-bond acceptors (Lipinski definition) is 2. The van der Waals surface area contributed by atoms with Crippen LogP contribution in [0.15, 0.2) is 36.5 Å². The van der Waals surface area contributed by atoms with Gasteiger partial charge in [-0.15, -0.1) is 0 Å². The molecule has 2 nitrogen and oxygen atoms in total. The summed E-state index contributed by atoms with van der Waals surface area (Å²) in [5.41, 5.74) is 7.97. The van der Waals surface area contributed by atoms with E-state index in [0.29, 0.717) is 22.2 Å². The van der Waals surface area contributed by atoms with Crippen LogP contribution in [0.1, 0.15) is 17.3 Å². The zero-order chi connectivity index (χ0) is 13.1. The molecule has 0 amide bonds. The predicted octanol–water partition coefficient (Wildman–Crippen LogP) is 4.24. The molecule has 0 radical (unpaired) electrons. The third-order valence-electron chi connectivity index (χ3n) is 2.56. The molecule has 0 aliphatic carbocycles. The van der Waals surface area contributed by atoms with Crippen molar-refractivity contribution in [3.63, 3.8) is 0 Å². The maximum absolute atomic E-state index is 6.12. The number of benzene rings is 1. The lowest BCUT2D eigenvalue weighted by atomic mass is 10.0. The first-order valence-corrected chi connectivity index (χ1v) is 7.20. The minimum absolute atomic E-state index is 0.227. The summed E-state index contributed by atoms with van der Waals surface area (Å²) in [4.78, 5) is 4.20. The lowest BCUT2D eigenvalue weighted by Crippen LogP contribution is -2.15. The molecule has 1 unspecified atom stereocenters. The quantitative estimate of drug-likeness (QED) is 0.793. The van der Waals surface area contributed by atoms with Crippen LogP contribution in [0.4, 0.5) is 0 Å². The molecule has 0 aliphatic heterocycles. The van der Waals surface area contributed by atoms with Crippen LogP contribution in [-0.4, -0.2) is 4.98 Å². The van der Waals surface area contributed by atoms with Crippen LogP contribution in [0.2, 0.25) is 10.0 Å². The molecule has 1 aromatic heterocycles. The number of nitrogens with zero attached hydrogens (tertiary/aromatic N) is 1. The molecule has 0 bridgehead atoms. The smallest absolute Gasteiger partial charge is 0.0761 e. The summed E-state index contributed by atoms with van der Waals surface area (Å²) < 4.78 is 1.20. The van der Waals surface area contributed by atoms with Gasteiger partial charge in [0.25, 0.3) is 0 Å². The summed E-state index contributed by atoms with van der Waals surface area (Å²) in [6, 6.07) is 9.67. The van der Waals surface area contributed by atoms with Gasteiger partial charge in [0.05, 0.1) is 21.8 Å². The first kappa shape index (κ1) is 14.1. The van der Waals surface area contributed by atoms with Crippen molar-refractivity contribution in [2.24, 2.45) is 5.73 Å². The fourth-order valence-corrected chi connectivity index (χ4v) is 2.55. The Morgan fingerprint density at radius 3 is 2.50 bits per heavy atom. The van der Waals surface area contributed by atoms with E-state index in [0.717, 1.165) is 5.56 Å². The van der Waals surface area contributed by atoms with Gasteiger partial charge in [0.1, 0.15) is 0 Å². The molecule has 0 saturated carbocycles. The van der Waals surface area contributed by atoms with Crippen LogP contribution >= 0.6 is 45.8 Å². The highest BCUT2D eigenvalue weighted by Crippen LogP contribution is 2.24. The second-order valence-electron chi connectivity index (χ2n) is 3.96. The van der Waals surface area contributed by atoms with Crippen molar-refractivity contribution >= 4 is 45.8 Å². The molecule has 1 heterocycles. The van der Waals surface area contributed by atoms with E-state index in [-0.39, 0.29) is 6.04 Å². The zero-order valence-electron chi connectivity index (χ0n) is 9.41. The van der Waals surface area contributed by atoms with E-state index in [4.69, 9.17) is 28.9 Å². The van der Waals surface area contributed by atoms with Crippen molar-refractivity contribution in [2.45, 2.75) is 12.5 Å². The Kier molecular flexibility index (Phi) is 4.84. The predicted molar refractivity (Wildman–Crippen MR) is 84.0 cm³/mol. The van der Waals surface area contributed by atoms with Gasteiger partial charge in [0, 0.05) is 9.77 Å². The number of rotatable bonds is 3. The maximum Gasteiger partial charge on any atom is 0.0761 e. The summed E-state index contributed by atoms with van der Waals surface area (Å²) in [5.74, 6) is 0. The Labute approximate surface area is 130 Å². The molecular formula is C13H11Cl2IN2. The third-order valence-corrected chi connectivity index (χ3v) is 3.78. The average Bonchev–Trinajstić information content (AvgIpc) is 2.32. The molecule has 94 valence electrons. The van der Waals surface area contributed by atoms with E-state index in [1.54, 1.807) is 12.3 Å². The second-order valence-corrected chi connectivity index (χ2v) is 6.05. The minimum atomic E-state index is -0.227. The topological polar surface area (TPSA) is 38.9 Å². The third kappa shape index (κ3) is 3.57. The lowest BCUT2D eigenvalue weighted by Gasteiger charge is -2.13. The van der Waals surface area contributed by atoms with Crippen LogP contribution < -0.4 is 5.73 Å². The highest BCUT2D eigenvalue weighted by atomic mass is 127. The van der Waals surface area contributed by atoms with Gasteiger partial charge in [-0.1, -0.05) is 35.3 Å². The van der Waals surface area contributed by atoms with Crippen molar-refractivity contribution in [1.29, 1.82) is 0 Å². The Morgan fingerprint density at radius 2 is 1.89 bits per heavy atom. The van der Waals surface area contributed by atoms with Crippen LogP contribution in [0.5, 0.6) is 0 Å². The summed E-state index contributed by atoms with van der Waals surface area (Å²) in [6.07, 6.45) is 2.27. The van der Waals surface area contributed by atoms with Crippen molar-refractivity contribution in [3.8, 4) is 0 Å². The van der Waals surface area contributed by atoms with Gasteiger partial charge in [0.2, 0.25) is 0 Å². The minimum Gasteiger partial charge on any atom is -0.322 e. The molecule has 1 aromatic carbocycles. The number of halogens is 3. The Hall–Kier alpha value is -0.360. The van der Waals surface area contributed by atoms with E-state index in [1.165, 1.54) is 3.57 Å². The molecule has 2 N–H and O–H groups in total. The van der Waals surface area contributed by atoms with Crippen molar-refractivity contribution in [2.75, 3.05) is 0 Å². The van der Waals surface area contributed by atoms with Gasteiger partial charge in [-0.2, -0.15) is 0 Å². The van der Waals surface area contributed by atoms with Crippen LogP contribution in [0.25, 0.3) is 0 Å². The summed E-state index contributed by atoms with van der Waals surface area (Å²) in [7, 11) is 0. The molecule has 0 saturated heterocycles. The van der Waals surface area contributed by atoms with Crippen LogP contribution in [0.3, 0.4) is 0 Å². The fourth-order valence-electron chi connectivity index (χ4n) is 1.67. The van der Waals surface area contributed by atoms with Gasteiger partial charge in [-0.3, -0.25) is 4.98 Å². The van der Waals surface area contributed by atoms with Gasteiger partial charge in [-0.05, 0) is 52.8 Å². The number of aromatic nitrogens is 1. The summed E-state index contributed by atoms with van der Waals surface area (Å²) in [5, 5.41) is 1.03. The van der Waals surface area contributed by atoms with Gasteiger partial charge >= 0.3 is 0 Å². The highest BCUT2D eigenvalue weighted by molar-refractivity contribution is 14.1.